The molecule has 3 aromatic rings. The Morgan fingerprint density at radius 1 is 1.05 bits per heavy atom. The fourth-order valence-corrected chi connectivity index (χ4v) is 6.32. The van der Waals surface area contributed by atoms with E-state index in [0.717, 1.165) is 37.3 Å². The molecule has 1 saturated carbocycles. The summed E-state index contributed by atoms with van der Waals surface area (Å²) in [6.07, 6.45) is 4.81. The van der Waals surface area contributed by atoms with Crippen LogP contribution in [0, 0.1) is 17.6 Å². The Bertz CT molecular complexity index is 1500. The number of rotatable bonds is 7. The molecule has 2 aliphatic rings. The van der Waals surface area contributed by atoms with E-state index in [1.807, 2.05) is 12.1 Å². The number of methoxy groups -OCH3 is 1. The fraction of sp³-hybridized carbons (Fsp3) is 0.333. The highest BCUT2D eigenvalue weighted by Crippen LogP contribution is 2.44. The molecule has 214 valence electrons. The van der Waals surface area contributed by atoms with Gasteiger partial charge in [0.25, 0.3) is 0 Å². The van der Waals surface area contributed by atoms with E-state index in [-0.39, 0.29) is 35.5 Å². The van der Waals surface area contributed by atoms with Crippen molar-refractivity contribution in [1.29, 1.82) is 0 Å². The Hall–Kier alpha value is -3.63. The highest BCUT2D eigenvalue weighted by atomic mass is 35.5. The van der Waals surface area contributed by atoms with Crippen molar-refractivity contribution in [2.24, 2.45) is 10.9 Å². The number of hydrogen-bond donors (Lipinski definition) is 1. The van der Waals surface area contributed by atoms with Gasteiger partial charge in [0.15, 0.2) is 22.5 Å². The summed E-state index contributed by atoms with van der Waals surface area (Å²) in [5, 5.41) is 5.32. The monoisotopic (exact) mass is 599 g/mol. The zero-order chi connectivity index (χ0) is 29.1. The van der Waals surface area contributed by atoms with E-state index in [0.29, 0.717) is 22.1 Å². The third-order valence-corrected chi connectivity index (χ3v) is 8.67. The lowest BCUT2D eigenvalue weighted by Crippen LogP contribution is -2.38. The summed E-state index contributed by atoms with van der Waals surface area (Å²) < 4.78 is 38.8. The number of carbonyl (C=O) groups excluding carboxylic acids is 2. The molecule has 11 heteroatoms. The van der Waals surface area contributed by atoms with Gasteiger partial charge in [0.05, 0.1) is 29.9 Å². The molecule has 1 aromatic heterocycles. The Labute approximate surface area is 245 Å². The first-order valence-electron chi connectivity index (χ1n) is 13.3. The molecule has 1 aliphatic heterocycles. The second-order valence-electron chi connectivity index (χ2n) is 9.82. The van der Waals surface area contributed by atoms with Gasteiger partial charge >= 0.3 is 11.9 Å². The summed E-state index contributed by atoms with van der Waals surface area (Å²) in [6.45, 7) is 1.83. The maximum atomic E-state index is 14.6. The first-order chi connectivity index (χ1) is 19.8. The van der Waals surface area contributed by atoms with E-state index in [1.54, 1.807) is 30.6 Å². The molecule has 41 heavy (non-hydrogen) atoms. The van der Waals surface area contributed by atoms with Gasteiger partial charge < -0.3 is 14.8 Å². The predicted molar refractivity (Wildman–Crippen MR) is 152 cm³/mol. The van der Waals surface area contributed by atoms with Gasteiger partial charge in [-0.2, -0.15) is 0 Å². The van der Waals surface area contributed by atoms with Crippen LogP contribution in [0.1, 0.15) is 71.1 Å². The van der Waals surface area contributed by atoms with Crippen LogP contribution >= 0.6 is 22.9 Å². The SMILES string of the molecule is CCOC(=O)C1=C([C@H]2CC[C@H](c3ccc(C(=O)OC)cc3)CC2)NC(c2nccs2)=NC1c1ccc(F)c(F)c1Cl. The van der Waals surface area contributed by atoms with E-state index >= 15 is 0 Å². The Kier molecular flexibility index (Phi) is 8.79. The molecule has 5 rings (SSSR count). The molecule has 2 heterocycles. The molecule has 1 fully saturated rings. The zero-order valence-corrected chi connectivity index (χ0v) is 24.0. The summed E-state index contributed by atoms with van der Waals surface area (Å²) in [5.41, 5.74) is 2.65. The van der Waals surface area contributed by atoms with Crippen molar-refractivity contribution in [2.45, 2.75) is 44.6 Å². The van der Waals surface area contributed by atoms with Gasteiger partial charge in [0, 0.05) is 22.8 Å². The van der Waals surface area contributed by atoms with Crippen LogP contribution in [0.2, 0.25) is 5.02 Å². The predicted octanol–water partition coefficient (Wildman–Crippen LogP) is 6.74. The third-order valence-electron chi connectivity index (χ3n) is 7.50. The number of allylic oxidation sites excluding steroid dienone is 1. The lowest BCUT2D eigenvalue weighted by molar-refractivity contribution is -0.139. The molecule has 0 saturated heterocycles. The second kappa shape index (κ2) is 12.5. The van der Waals surface area contributed by atoms with Gasteiger partial charge in [-0.15, -0.1) is 11.3 Å². The molecular weight excluding hydrogens is 572 g/mol. The third kappa shape index (κ3) is 5.90. The van der Waals surface area contributed by atoms with Crippen molar-refractivity contribution in [3.8, 4) is 0 Å². The quantitative estimate of drug-likeness (QED) is 0.239. The summed E-state index contributed by atoms with van der Waals surface area (Å²) in [6, 6.07) is 8.76. The number of ether oxygens (including phenoxy) is 2. The summed E-state index contributed by atoms with van der Waals surface area (Å²) in [5.74, 6) is -2.62. The summed E-state index contributed by atoms with van der Waals surface area (Å²) in [4.78, 5) is 34.4. The number of nitrogens with one attached hydrogen (secondary N) is 1. The molecule has 2 aromatic carbocycles. The van der Waals surface area contributed by atoms with Gasteiger partial charge in [-0.3, -0.25) is 4.99 Å². The number of halogens is 3. The molecule has 1 atom stereocenters. The first kappa shape index (κ1) is 28.9. The maximum absolute atomic E-state index is 14.6. The van der Waals surface area contributed by atoms with E-state index in [9.17, 15) is 18.4 Å². The molecule has 1 unspecified atom stereocenters. The van der Waals surface area contributed by atoms with Gasteiger partial charge in [0.1, 0.15) is 6.04 Å². The average Bonchev–Trinajstić information content (AvgIpc) is 3.55. The topological polar surface area (TPSA) is 89.9 Å². The molecule has 1 N–H and O–H groups in total. The van der Waals surface area contributed by atoms with Crippen molar-refractivity contribution in [1.82, 2.24) is 10.3 Å². The van der Waals surface area contributed by atoms with Crippen LogP contribution in [-0.2, 0) is 14.3 Å². The number of aromatic nitrogens is 1. The normalized spacial score (nSPS) is 20.7. The molecule has 7 nitrogen and oxygen atoms in total. The highest BCUT2D eigenvalue weighted by Gasteiger charge is 2.38. The minimum Gasteiger partial charge on any atom is -0.465 e. The van der Waals surface area contributed by atoms with E-state index in [2.05, 4.69) is 10.3 Å². The van der Waals surface area contributed by atoms with Crippen molar-refractivity contribution < 1.29 is 27.8 Å². The standard InChI is InChI=1S/C30H28ClF2N3O4S/c1-3-40-30(38)22-25(18-8-4-16(5-9-18)17-6-10-19(11-7-17)29(37)39-2)35-27(28-34-14-15-41-28)36-26(22)20-12-13-21(32)24(33)23(20)31/h6-7,10-16,18,26H,3-5,8-9H2,1-2H3,(H,35,36)/t16-,18-,26?. The highest BCUT2D eigenvalue weighted by molar-refractivity contribution is 7.11. The van der Waals surface area contributed by atoms with Gasteiger partial charge in [-0.05, 0) is 68.2 Å². The fourth-order valence-electron chi connectivity index (χ4n) is 5.47. The van der Waals surface area contributed by atoms with Crippen molar-refractivity contribution in [3.63, 3.8) is 0 Å². The molecule has 0 spiro atoms. The number of aliphatic imine (C=N–C) groups is 1. The number of carbonyl (C=O) groups is 2. The van der Waals surface area contributed by atoms with E-state index < -0.39 is 28.7 Å². The summed E-state index contributed by atoms with van der Waals surface area (Å²) in [7, 11) is 1.35. The van der Waals surface area contributed by atoms with Crippen LogP contribution in [0.3, 0.4) is 0 Å². The molecule has 0 bridgehead atoms. The zero-order valence-electron chi connectivity index (χ0n) is 22.5. The largest absolute Gasteiger partial charge is 0.465 e. The lowest BCUT2D eigenvalue weighted by Gasteiger charge is -2.35. The summed E-state index contributed by atoms with van der Waals surface area (Å²) >= 11 is 7.65. The smallest absolute Gasteiger partial charge is 0.338 e. The Morgan fingerprint density at radius 3 is 2.39 bits per heavy atom. The first-order valence-corrected chi connectivity index (χ1v) is 14.6. The number of thiazole rings is 1. The number of benzene rings is 2. The molecule has 0 amide bonds. The molecule has 0 radical (unpaired) electrons. The van der Waals surface area contributed by atoms with Crippen molar-refractivity contribution >= 4 is 40.7 Å². The van der Waals surface area contributed by atoms with Crippen molar-refractivity contribution in [2.75, 3.05) is 13.7 Å². The van der Waals surface area contributed by atoms with Gasteiger partial charge in [-0.1, -0.05) is 29.8 Å². The number of nitrogens with zero attached hydrogens (tertiary/aromatic N) is 2. The van der Waals surface area contributed by atoms with Gasteiger partial charge in [0.2, 0.25) is 0 Å². The van der Waals surface area contributed by atoms with Crippen LogP contribution in [0.5, 0.6) is 0 Å². The van der Waals surface area contributed by atoms with E-state index in [4.69, 9.17) is 26.1 Å². The maximum Gasteiger partial charge on any atom is 0.338 e. The van der Waals surface area contributed by atoms with Crippen molar-refractivity contribution in [3.05, 3.63) is 97.6 Å². The number of amidine groups is 1. The van der Waals surface area contributed by atoms with Crippen LogP contribution in [-0.4, -0.2) is 36.5 Å². The second-order valence-corrected chi connectivity index (χ2v) is 11.1. The average molecular weight is 600 g/mol. The minimum atomic E-state index is -1.20. The Morgan fingerprint density at radius 2 is 1.76 bits per heavy atom. The molecular formula is C30H28ClF2N3O4S. The number of esters is 2. The lowest BCUT2D eigenvalue weighted by atomic mass is 9.75. The van der Waals surface area contributed by atoms with E-state index in [1.165, 1.54) is 24.5 Å². The Balaban J connectivity index is 1.50. The van der Waals surface area contributed by atoms with Crippen LogP contribution in [0.15, 0.2) is 64.2 Å². The minimum absolute atomic E-state index is 0.0583. The van der Waals surface area contributed by atoms with Crippen LogP contribution in [0.4, 0.5) is 8.78 Å². The number of hydrogen-bond acceptors (Lipinski definition) is 8. The van der Waals surface area contributed by atoms with Gasteiger partial charge in [-0.25, -0.2) is 23.4 Å². The molecule has 1 aliphatic carbocycles. The van der Waals surface area contributed by atoms with Crippen LogP contribution < -0.4 is 5.32 Å². The van der Waals surface area contributed by atoms with Crippen LogP contribution in [0.25, 0.3) is 0 Å².